The quantitative estimate of drug-likeness (QED) is 0.820. The minimum absolute atomic E-state index is 0.0368. The lowest BCUT2D eigenvalue weighted by molar-refractivity contribution is 0.147. The number of amides is 1. The molecule has 2 aliphatic rings. The molecule has 3 atom stereocenters. The number of likely N-dealkylation sites (tertiary alicyclic amines) is 1. The van der Waals surface area contributed by atoms with Crippen LogP contribution in [0.2, 0.25) is 0 Å². The number of thiazole rings is 1. The maximum absolute atomic E-state index is 10.9. The number of fused-ring (bicyclic) bond motifs is 1. The van der Waals surface area contributed by atoms with Crippen LogP contribution in [0, 0.1) is 18.8 Å². The number of hydrogen-bond acceptors (Lipinski definition) is 4. The Morgan fingerprint density at radius 1 is 1.71 bits per heavy atom. The summed E-state index contributed by atoms with van der Waals surface area (Å²) in [6, 6.07) is 0. The second-order valence-corrected chi connectivity index (χ2v) is 5.80. The van der Waals surface area contributed by atoms with E-state index in [9.17, 15) is 4.79 Å². The Labute approximate surface area is 103 Å². The molecule has 1 saturated heterocycles. The molecule has 0 spiro atoms. The van der Waals surface area contributed by atoms with Gasteiger partial charge in [0.2, 0.25) is 0 Å². The fraction of sp³-hybridized carbons (Fsp3) is 0.636. The Bertz CT molecular complexity index is 461. The predicted octanol–water partition coefficient (Wildman–Crippen LogP) is 0.888. The molecule has 5 nitrogen and oxygen atoms in total. The van der Waals surface area contributed by atoms with Gasteiger partial charge in [-0.1, -0.05) is 0 Å². The van der Waals surface area contributed by atoms with Gasteiger partial charge in [0.25, 0.3) is 0 Å². The second-order valence-electron chi connectivity index (χ2n) is 4.94. The first kappa shape index (κ1) is 11.0. The largest absolute Gasteiger partial charge is 0.465 e. The lowest BCUT2D eigenvalue weighted by Crippen LogP contribution is -2.37. The number of carboxylic acid groups (broad SMARTS) is 1. The average molecular weight is 253 g/mol. The third-order valence-electron chi connectivity index (χ3n) is 4.16. The standard InChI is InChI=1S/C11H15N3O2S/c1-6-4-17-9(13-6)11(5-12)7-2-14(10(15)16)3-8(7)11/h4,7-8H,2-3,5,12H2,1H3,(H,15,16)/t7-,8+,11?. The molecule has 0 aromatic carbocycles. The van der Waals surface area contributed by atoms with Crippen LogP contribution in [0.15, 0.2) is 5.38 Å². The Hall–Kier alpha value is -1.14. The molecule has 17 heavy (non-hydrogen) atoms. The van der Waals surface area contributed by atoms with Crippen molar-refractivity contribution < 1.29 is 9.90 Å². The van der Waals surface area contributed by atoms with Crippen LogP contribution in [-0.2, 0) is 5.41 Å². The van der Waals surface area contributed by atoms with Gasteiger partial charge in [0.1, 0.15) is 5.01 Å². The summed E-state index contributed by atoms with van der Waals surface area (Å²) in [5.74, 6) is 0.739. The average Bonchev–Trinajstić information content (AvgIpc) is 2.72. The minimum Gasteiger partial charge on any atom is -0.465 e. The third-order valence-corrected chi connectivity index (χ3v) is 5.31. The highest BCUT2D eigenvalue weighted by Gasteiger charge is 2.70. The van der Waals surface area contributed by atoms with E-state index >= 15 is 0 Å². The summed E-state index contributed by atoms with van der Waals surface area (Å²) >= 11 is 1.65. The van der Waals surface area contributed by atoms with Gasteiger partial charge in [-0.25, -0.2) is 9.78 Å². The van der Waals surface area contributed by atoms with Gasteiger partial charge >= 0.3 is 6.09 Å². The topological polar surface area (TPSA) is 79.5 Å². The highest BCUT2D eigenvalue weighted by atomic mass is 32.1. The first-order valence-electron chi connectivity index (χ1n) is 5.70. The van der Waals surface area contributed by atoms with E-state index in [1.54, 1.807) is 11.3 Å². The van der Waals surface area contributed by atoms with Gasteiger partial charge in [0.15, 0.2) is 0 Å². The Morgan fingerprint density at radius 2 is 2.35 bits per heavy atom. The molecule has 1 aromatic rings. The number of aromatic nitrogens is 1. The van der Waals surface area contributed by atoms with E-state index in [0.717, 1.165) is 10.7 Å². The van der Waals surface area contributed by atoms with Crippen molar-refractivity contribution in [2.75, 3.05) is 19.6 Å². The molecular formula is C11H15N3O2S. The molecule has 0 radical (unpaired) electrons. The lowest BCUT2D eigenvalue weighted by atomic mass is 10.0. The molecule has 1 aliphatic heterocycles. The molecule has 1 aliphatic carbocycles. The maximum atomic E-state index is 10.9. The molecule has 0 bridgehead atoms. The first-order chi connectivity index (χ1) is 8.09. The number of aryl methyl sites for hydroxylation is 1. The van der Waals surface area contributed by atoms with Crippen molar-refractivity contribution in [1.82, 2.24) is 9.88 Å². The smallest absolute Gasteiger partial charge is 0.407 e. The van der Waals surface area contributed by atoms with E-state index in [2.05, 4.69) is 4.98 Å². The van der Waals surface area contributed by atoms with Crippen LogP contribution in [-0.4, -0.2) is 40.7 Å². The Morgan fingerprint density at radius 3 is 2.76 bits per heavy atom. The van der Waals surface area contributed by atoms with Crippen LogP contribution < -0.4 is 5.73 Å². The molecule has 1 unspecified atom stereocenters. The zero-order valence-corrected chi connectivity index (χ0v) is 10.4. The number of nitrogens with zero attached hydrogens (tertiary/aromatic N) is 2. The van der Waals surface area contributed by atoms with E-state index in [1.807, 2.05) is 12.3 Å². The van der Waals surface area contributed by atoms with Gasteiger partial charge in [0.05, 0.1) is 0 Å². The van der Waals surface area contributed by atoms with E-state index in [-0.39, 0.29) is 5.41 Å². The summed E-state index contributed by atoms with van der Waals surface area (Å²) in [5, 5.41) is 12.1. The molecule has 92 valence electrons. The molecule has 3 N–H and O–H groups in total. The van der Waals surface area contributed by atoms with E-state index in [0.29, 0.717) is 31.5 Å². The SMILES string of the molecule is Cc1csc(C2(CN)[C@@H]3CN(C(=O)O)C[C@@H]32)n1. The number of rotatable bonds is 2. The van der Waals surface area contributed by atoms with Crippen LogP contribution >= 0.6 is 11.3 Å². The molecule has 1 aromatic heterocycles. The number of piperidine rings is 1. The highest BCUT2D eigenvalue weighted by molar-refractivity contribution is 7.09. The Balaban J connectivity index is 1.84. The van der Waals surface area contributed by atoms with Gasteiger partial charge in [-0.15, -0.1) is 11.3 Å². The fourth-order valence-corrected chi connectivity index (χ4v) is 4.30. The molecule has 3 rings (SSSR count). The fourth-order valence-electron chi connectivity index (χ4n) is 3.17. The van der Waals surface area contributed by atoms with Crippen molar-refractivity contribution in [2.24, 2.45) is 17.6 Å². The number of carbonyl (C=O) groups is 1. The second kappa shape index (κ2) is 3.43. The molecular weight excluding hydrogens is 238 g/mol. The van der Waals surface area contributed by atoms with Crippen molar-refractivity contribution in [3.05, 3.63) is 16.1 Å². The summed E-state index contributed by atoms with van der Waals surface area (Å²) in [6.07, 6.45) is -0.821. The third kappa shape index (κ3) is 1.34. The van der Waals surface area contributed by atoms with Crippen molar-refractivity contribution >= 4 is 17.4 Å². The number of nitrogens with two attached hydrogens (primary N) is 1. The normalized spacial score (nSPS) is 34.8. The lowest BCUT2D eigenvalue weighted by Gasteiger charge is -2.22. The maximum Gasteiger partial charge on any atom is 0.407 e. The van der Waals surface area contributed by atoms with Gasteiger partial charge in [-0.3, -0.25) is 0 Å². The van der Waals surface area contributed by atoms with Gasteiger partial charge < -0.3 is 15.7 Å². The van der Waals surface area contributed by atoms with E-state index < -0.39 is 6.09 Å². The van der Waals surface area contributed by atoms with Crippen molar-refractivity contribution in [3.63, 3.8) is 0 Å². The molecule has 1 amide bonds. The summed E-state index contributed by atoms with van der Waals surface area (Å²) in [7, 11) is 0. The monoisotopic (exact) mass is 253 g/mol. The molecule has 6 heteroatoms. The summed E-state index contributed by atoms with van der Waals surface area (Å²) in [6.45, 7) is 3.76. The van der Waals surface area contributed by atoms with Crippen LogP contribution in [0.25, 0.3) is 0 Å². The number of hydrogen-bond donors (Lipinski definition) is 2. The van der Waals surface area contributed by atoms with Crippen LogP contribution in [0.4, 0.5) is 4.79 Å². The van der Waals surface area contributed by atoms with Gasteiger partial charge in [0, 0.05) is 36.1 Å². The zero-order chi connectivity index (χ0) is 12.2. The summed E-state index contributed by atoms with van der Waals surface area (Å²) in [4.78, 5) is 16.9. The molecule has 2 fully saturated rings. The summed E-state index contributed by atoms with van der Waals surface area (Å²) in [5.41, 5.74) is 6.91. The zero-order valence-electron chi connectivity index (χ0n) is 9.59. The molecule has 2 heterocycles. The van der Waals surface area contributed by atoms with Crippen molar-refractivity contribution in [3.8, 4) is 0 Å². The van der Waals surface area contributed by atoms with Crippen LogP contribution in [0.3, 0.4) is 0 Å². The van der Waals surface area contributed by atoms with Crippen LogP contribution in [0.1, 0.15) is 10.7 Å². The molecule has 1 saturated carbocycles. The summed E-state index contributed by atoms with van der Waals surface area (Å²) < 4.78 is 0. The van der Waals surface area contributed by atoms with Gasteiger partial charge in [-0.2, -0.15) is 0 Å². The Kier molecular flexibility index (Phi) is 2.21. The van der Waals surface area contributed by atoms with Crippen molar-refractivity contribution in [1.29, 1.82) is 0 Å². The van der Waals surface area contributed by atoms with Crippen molar-refractivity contribution in [2.45, 2.75) is 12.3 Å². The van der Waals surface area contributed by atoms with E-state index in [1.165, 1.54) is 4.90 Å². The minimum atomic E-state index is -0.821. The highest BCUT2D eigenvalue weighted by Crippen LogP contribution is 2.63. The first-order valence-corrected chi connectivity index (χ1v) is 6.58. The van der Waals surface area contributed by atoms with Gasteiger partial charge in [-0.05, 0) is 18.8 Å². The predicted molar refractivity (Wildman–Crippen MR) is 64.2 cm³/mol. The van der Waals surface area contributed by atoms with E-state index in [4.69, 9.17) is 10.8 Å². The van der Waals surface area contributed by atoms with Crippen LogP contribution in [0.5, 0.6) is 0 Å².